The van der Waals surface area contributed by atoms with Gasteiger partial charge in [-0.1, -0.05) is 0 Å². The summed E-state index contributed by atoms with van der Waals surface area (Å²) < 4.78 is 0. The Morgan fingerprint density at radius 1 is 0.696 bits per heavy atom. The van der Waals surface area contributed by atoms with Crippen LogP contribution < -0.4 is 21.3 Å². The standard InChI is InChI=1S/C19H26N4/c1-14-12-16(4-6-18(14)20)22-8-3-9-23(11-10-22)17-5-7-19(21)15(2)13-17/h4-7,12-13H,3,8-11,20-21H2,1-2H3. The number of nitrogen functional groups attached to an aromatic ring is 2. The van der Waals surface area contributed by atoms with E-state index in [0.29, 0.717) is 0 Å². The SMILES string of the molecule is Cc1cc(N2CCCN(c3ccc(N)c(C)c3)CC2)ccc1N. The highest BCUT2D eigenvalue weighted by Crippen LogP contribution is 2.25. The van der Waals surface area contributed by atoms with E-state index in [0.717, 1.165) is 55.1 Å². The van der Waals surface area contributed by atoms with Gasteiger partial charge in [-0.3, -0.25) is 0 Å². The van der Waals surface area contributed by atoms with Crippen LogP contribution in [-0.4, -0.2) is 26.2 Å². The van der Waals surface area contributed by atoms with Crippen LogP contribution in [0.1, 0.15) is 17.5 Å². The maximum atomic E-state index is 5.94. The quantitative estimate of drug-likeness (QED) is 0.836. The van der Waals surface area contributed by atoms with Gasteiger partial charge in [-0.2, -0.15) is 0 Å². The number of anilines is 4. The van der Waals surface area contributed by atoms with Crippen LogP contribution in [0.5, 0.6) is 0 Å². The number of nitrogens with zero attached hydrogens (tertiary/aromatic N) is 2. The molecule has 0 amide bonds. The third kappa shape index (κ3) is 3.36. The van der Waals surface area contributed by atoms with E-state index in [4.69, 9.17) is 11.5 Å². The Labute approximate surface area is 138 Å². The molecule has 0 bridgehead atoms. The lowest BCUT2D eigenvalue weighted by Crippen LogP contribution is -2.30. The summed E-state index contributed by atoms with van der Waals surface area (Å²) in [6, 6.07) is 12.7. The van der Waals surface area contributed by atoms with Gasteiger partial charge >= 0.3 is 0 Å². The molecule has 0 aromatic heterocycles. The number of hydrogen-bond acceptors (Lipinski definition) is 4. The van der Waals surface area contributed by atoms with Crippen LogP contribution in [0.15, 0.2) is 36.4 Å². The molecular weight excluding hydrogens is 284 g/mol. The Kier molecular flexibility index (Phi) is 4.33. The van der Waals surface area contributed by atoms with E-state index < -0.39 is 0 Å². The van der Waals surface area contributed by atoms with Crippen molar-refractivity contribution in [3.8, 4) is 0 Å². The summed E-state index contributed by atoms with van der Waals surface area (Å²) in [7, 11) is 0. The molecule has 1 aliphatic rings. The van der Waals surface area contributed by atoms with Gasteiger partial charge in [-0.25, -0.2) is 0 Å². The molecule has 2 aromatic carbocycles. The van der Waals surface area contributed by atoms with Crippen LogP contribution in [0, 0.1) is 13.8 Å². The minimum Gasteiger partial charge on any atom is -0.399 e. The first-order valence-electron chi connectivity index (χ1n) is 8.27. The lowest BCUT2D eigenvalue weighted by Gasteiger charge is -2.25. The molecule has 2 aromatic rings. The summed E-state index contributed by atoms with van der Waals surface area (Å²) >= 11 is 0. The van der Waals surface area contributed by atoms with Gasteiger partial charge in [0.25, 0.3) is 0 Å². The molecular formula is C19H26N4. The predicted octanol–water partition coefficient (Wildman–Crippen LogP) is 3.18. The predicted molar refractivity (Wildman–Crippen MR) is 100 cm³/mol. The summed E-state index contributed by atoms with van der Waals surface area (Å²) in [4.78, 5) is 4.91. The number of nitrogens with two attached hydrogens (primary N) is 2. The molecule has 1 fully saturated rings. The second-order valence-corrected chi connectivity index (χ2v) is 6.41. The lowest BCUT2D eigenvalue weighted by atomic mass is 10.1. The van der Waals surface area contributed by atoms with Gasteiger partial charge in [0.1, 0.15) is 0 Å². The van der Waals surface area contributed by atoms with Crippen molar-refractivity contribution in [1.82, 2.24) is 0 Å². The number of aryl methyl sites for hydroxylation is 2. The highest BCUT2D eigenvalue weighted by molar-refractivity contribution is 5.60. The third-order valence-electron chi connectivity index (χ3n) is 4.73. The molecule has 0 unspecified atom stereocenters. The highest BCUT2D eigenvalue weighted by atomic mass is 15.2. The van der Waals surface area contributed by atoms with E-state index in [1.54, 1.807) is 0 Å². The fraction of sp³-hybridized carbons (Fsp3) is 0.368. The third-order valence-corrected chi connectivity index (χ3v) is 4.73. The Morgan fingerprint density at radius 3 is 1.52 bits per heavy atom. The molecule has 0 saturated carbocycles. The van der Waals surface area contributed by atoms with Crippen molar-refractivity contribution in [1.29, 1.82) is 0 Å². The molecule has 0 atom stereocenters. The Morgan fingerprint density at radius 2 is 1.13 bits per heavy atom. The minimum absolute atomic E-state index is 0.863. The fourth-order valence-electron chi connectivity index (χ4n) is 3.15. The zero-order valence-corrected chi connectivity index (χ0v) is 14.0. The van der Waals surface area contributed by atoms with Crippen LogP contribution in [0.2, 0.25) is 0 Å². The summed E-state index contributed by atoms with van der Waals surface area (Å²) in [6.07, 6.45) is 1.15. The minimum atomic E-state index is 0.863. The monoisotopic (exact) mass is 310 g/mol. The van der Waals surface area contributed by atoms with E-state index in [1.165, 1.54) is 11.4 Å². The van der Waals surface area contributed by atoms with Gasteiger partial charge < -0.3 is 21.3 Å². The van der Waals surface area contributed by atoms with Gasteiger partial charge in [0.05, 0.1) is 0 Å². The molecule has 4 N–H and O–H groups in total. The lowest BCUT2D eigenvalue weighted by molar-refractivity contribution is 0.806. The first kappa shape index (κ1) is 15.5. The molecule has 1 saturated heterocycles. The summed E-state index contributed by atoms with van der Waals surface area (Å²) in [6.45, 7) is 8.33. The van der Waals surface area contributed by atoms with E-state index >= 15 is 0 Å². The van der Waals surface area contributed by atoms with Gasteiger partial charge in [-0.15, -0.1) is 0 Å². The Balaban J connectivity index is 1.73. The van der Waals surface area contributed by atoms with E-state index in [-0.39, 0.29) is 0 Å². The molecule has 23 heavy (non-hydrogen) atoms. The molecule has 4 heteroatoms. The fourth-order valence-corrected chi connectivity index (χ4v) is 3.15. The summed E-state index contributed by atoms with van der Waals surface area (Å²) in [5, 5.41) is 0. The number of hydrogen-bond donors (Lipinski definition) is 2. The normalized spacial score (nSPS) is 15.6. The van der Waals surface area contributed by atoms with Gasteiger partial charge in [0.15, 0.2) is 0 Å². The summed E-state index contributed by atoms with van der Waals surface area (Å²) in [5.74, 6) is 0. The molecule has 0 aliphatic carbocycles. The second-order valence-electron chi connectivity index (χ2n) is 6.41. The largest absolute Gasteiger partial charge is 0.399 e. The van der Waals surface area contributed by atoms with Crippen molar-refractivity contribution in [2.45, 2.75) is 20.3 Å². The first-order valence-corrected chi connectivity index (χ1v) is 8.27. The van der Waals surface area contributed by atoms with Gasteiger partial charge in [0, 0.05) is 48.9 Å². The zero-order chi connectivity index (χ0) is 16.4. The average Bonchev–Trinajstić information content (AvgIpc) is 2.79. The van der Waals surface area contributed by atoms with Gasteiger partial charge in [0.2, 0.25) is 0 Å². The van der Waals surface area contributed by atoms with Crippen LogP contribution in [0.25, 0.3) is 0 Å². The van der Waals surface area contributed by atoms with Gasteiger partial charge in [-0.05, 0) is 67.8 Å². The molecule has 4 nitrogen and oxygen atoms in total. The number of benzene rings is 2. The first-order chi connectivity index (χ1) is 11.0. The van der Waals surface area contributed by atoms with Crippen molar-refractivity contribution in [2.75, 3.05) is 47.4 Å². The Hall–Kier alpha value is -2.36. The van der Waals surface area contributed by atoms with Crippen molar-refractivity contribution in [3.63, 3.8) is 0 Å². The van der Waals surface area contributed by atoms with E-state index in [1.807, 2.05) is 12.1 Å². The maximum Gasteiger partial charge on any atom is 0.0370 e. The Bertz CT molecular complexity index is 636. The van der Waals surface area contributed by atoms with Crippen molar-refractivity contribution in [2.24, 2.45) is 0 Å². The molecule has 1 aliphatic heterocycles. The zero-order valence-electron chi connectivity index (χ0n) is 14.0. The topological polar surface area (TPSA) is 58.5 Å². The van der Waals surface area contributed by atoms with Crippen molar-refractivity contribution in [3.05, 3.63) is 47.5 Å². The van der Waals surface area contributed by atoms with Crippen LogP contribution in [0.4, 0.5) is 22.7 Å². The van der Waals surface area contributed by atoms with Crippen LogP contribution in [0.3, 0.4) is 0 Å². The molecule has 3 rings (SSSR count). The molecule has 122 valence electrons. The van der Waals surface area contributed by atoms with Crippen LogP contribution in [-0.2, 0) is 0 Å². The van der Waals surface area contributed by atoms with E-state index in [9.17, 15) is 0 Å². The second kappa shape index (κ2) is 6.41. The van der Waals surface area contributed by atoms with E-state index in [2.05, 4.69) is 47.9 Å². The summed E-state index contributed by atoms with van der Waals surface area (Å²) in [5.41, 5.74) is 18.4. The highest BCUT2D eigenvalue weighted by Gasteiger charge is 2.16. The molecule has 1 heterocycles. The van der Waals surface area contributed by atoms with Crippen LogP contribution >= 0.6 is 0 Å². The maximum absolute atomic E-state index is 5.94. The van der Waals surface area contributed by atoms with Crippen molar-refractivity contribution >= 4 is 22.7 Å². The average molecular weight is 310 g/mol. The molecule has 0 spiro atoms. The van der Waals surface area contributed by atoms with Crippen molar-refractivity contribution < 1.29 is 0 Å². The smallest absolute Gasteiger partial charge is 0.0370 e. The number of rotatable bonds is 2. The molecule has 0 radical (unpaired) electrons.